The van der Waals surface area contributed by atoms with E-state index in [4.69, 9.17) is 27.9 Å². The molecule has 47 heavy (non-hydrogen) atoms. The molecular weight excluding hydrogens is 643 g/mol. The van der Waals surface area contributed by atoms with Gasteiger partial charge in [0, 0.05) is 29.7 Å². The number of phenols is 1. The molecule has 4 amide bonds. The Morgan fingerprint density at radius 1 is 0.894 bits per heavy atom. The Balaban J connectivity index is 1.29. The molecule has 0 bridgehead atoms. The van der Waals surface area contributed by atoms with Crippen molar-refractivity contribution in [2.24, 2.45) is 17.8 Å². The van der Waals surface area contributed by atoms with Crippen molar-refractivity contribution in [3.63, 3.8) is 0 Å². The van der Waals surface area contributed by atoms with Crippen molar-refractivity contribution < 1.29 is 33.8 Å². The molecule has 240 valence electrons. The number of aromatic hydroxyl groups is 1. The largest absolute Gasteiger partial charge is 0.504 e. The topological polar surface area (TPSA) is 121 Å². The first-order valence-electron chi connectivity index (χ1n) is 15.4. The number of amides is 4. The summed E-state index contributed by atoms with van der Waals surface area (Å²) in [4.78, 5) is 66.7. The average molecular weight is 674 g/mol. The number of ketones is 1. The standard InChI is InChI=1S/C36H30Cl2N2O7/c1-3-47-26-11-7-10-24(30(26)42)28-22-16-17-23-27(25(22)18-35(37)33(45)39(2)34(46)36(28,35)38)32(44)40(31(23)43)21-14-12-20(13-15-21)29(41)19-8-5-4-6-9-19/h4-16,23,25,27-28,42H,3,17-18H2,1-2H3/t23-,25+,27-,28+,35+,36-/m0/s1. The molecule has 2 heterocycles. The fourth-order valence-corrected chi connectivity index (χ4v) is 8.92. The van der Waals surface area contributed by atoms with E-state index in [1.807, 2.05) is 6.07 Å². The van der Waals surface area contributed by atoms with Crippen LogP contribution < -0.4 is 9.64 Å². The summed E-state index contributed by atoms with van der Waals surface area (Å²) in [7, 11) is 1.31. The highest BCUT2D eigenvalue weighted by atomic mass is 35.5. The number of allylic oxidation sites excluding steroid dienone is 2. The second kappa shape index (κ2) is 11.1. The summed E-state index contributed by atoms with van der Waals surface area (Å²) in [6.45, 7) is 2.02. The number of carbonyl (C=O) groups is 5. The highest BCUT2D eigenvalue weighted by Gasteiger charge is 2.76. The van der Waals surface area contributed by atoms with Crippen LogP contribution in [0.5, 0.6) is 11.5 Å². The zero-order valence-corrected chi connectivity index (χ0v) is 27.0. The third-order valence-electron chi connectivity index (χ3n) is 10.1. The van der Waals surface area contributed by atoms with Crippen LogP contribution in [-0.2, 0) is 19.2 Å². The molecule has 11 heteroatoms. The van der Waals surface area contributed by atoms with Crippen molar-refractivity contribution in [1.29, 1.82) is 0 Å². The highest BCUT2D eigenvalue weighted by molar-refractivity contribution is 6.53. The van der Waals surface area contributed by atoms with Crippen molar-refractivity contribution in [1.82, 2.24) is 4.90 Å². The summed E-state index contributed by atoms with van der Waals surface area (Å²) in [5.41, 5.74) is 2.02. The van der Waals surface area contributed by atoms with Gasteiger partial charge in [-0.1, -0.05) is 54.1 Å². The second-order valence-electron chi connectivity index (χ2n) is 12.4. The minimum absolute atomic E-state index is 0.166. The van der Waals surface area contributed by atoms with Crippen LogP contribution in [0.4, 0.5) is 5.69 Å². The number of carbonyl (C=O) groups excluding carboxylic acids is 5. The molecule has 3 aromatic rings. The molecule has 0 spiro atoms. The lowest BCUT2D eigenvalue weighted by Gasteiger charge is -2.50. The minimum Gasteiger partial charge on any atom is -0.504 e. The molecule has 3 fully saturated rings. The number of halogens is 2. The van der Waals surface area contributed by atoms with Gasteiger partial charge in [-0.05, 0) is 56.0 Å². The van der Waals surface area contributed by atoms with Crippen molar-refractivity contribution in [2.75, 3.05) is 18.6 Å². The molecule has 0 aromatic heterocycles. The number of hydrogen-bond donors (Lipinski definition) is 1. The summed E-state index contributed by atoms with van der Waals surface area (Å²) in [6, 6.07) is 19.9. The van der Waals surface area contributed by atoms with Gasteiger partial charge in [0.25, 0.3) is 11.8 Å². The molecule has 3 aromatic carbocycles. The summed E-state index contributed by atoms with van der Waals surface area (Å²) in [5, 5.41) is 11.4. The predicted octanol–water partition coefficient (Wildman–Crippen LogP) is 5.22. The van der Waals surface area contributed by atoms with Gasteiger partial charge in [-0.3, -0.25) is 33.8 Å². The van der Waals surface area contributed by atoms with E-state index in [0.717, 1.165) is 9.80 Å². The van der Waals surface area contributed by atoms with Gasteiger partial charge in [-0.15, -0.1) is 23.2 Å². The van der Waals surface area contributed by atoms with E-state index in [9.17, 15) is 29.1 Å². The second-order valence-corrected chi connectivity index (χ2v) is 13.6. The molecule has 0 radical (unpaired) electrons. The van der Waals surface area contributed by atoms with Gasteiger partial charge in [-0.25, -0.2) is 0 Å². The lowest BCUT2D eigenvalue weighted by atomic mass is 9.56. The van der Waals surface area contributed by atoms with E-state index in [0.29, 0.717) is 22.4 Å². The molecule has 2 saturated heterocycles. The van der Waals surface area contributed by atoms with Crippen LogP contribution in [0.2, 0.25) is 0 Å². The Bertz CT molecular complexity index is 1890. The van der Waals surface area contributed by atoms with E-state index in [1.54, 1.807) is 79.7 Å². The van der Waals surface area contributed by atoms with Gasteiger partial charge in [0.15, 0.2) is 27.0 Å². The Morgan fingerprint density at radius 3 is 2.26 bits per heavy atom. The Hall–Kier alpha value is -4.47. The van der Waals surface area contributed by atoms with Gasteiger partial charge in [0.2, 0.25) is 11.8 Å². The van der Waals surface area contributed by atoms with Crippen LogP contribution in [0.1, 0.15) is 47.2 Å². The minimum atomic E-state index is -2.02. The fraction of sp³-hybridized carbons (Fsp3) is 0.306. The van der Waals surface area contributed by atoms with Crippen LogP contribution in [0.3, 0.4) is 0 Å². The van der Waals surface area contributed by atoms with Gasteiger partial charge in [0.05, 0.1) is 24.1 Å². The molecule has 4 aliphatic rings. The number of alkyl halides is 2. The molecule has 6 atom stereocenters. The Labute approximate surface area is 280 Å². The zero-order chi connectivity index (χ0) is 33.4. The molecule has 7 rings (SSSR count). The quantitative estimate of drug-likeness (QED) is 0.165. The highest BCUT2D eigenvalue weighted by Crippen LogP contribution is 2.66. The fourth-order valence-electron chi connectivity index (χ4n) is 7.91. The first kappa shape index (κ1) is 31.1. The first-order valence-corrected chi connectivity index (χ1v) is 16.1. The van der Waals surface area contributed by atoms with Crippen molar-refractivity contribution in [3.05, 3.63) is 101 Å². The maximum Gasteiger partial charge on any atom is 0.253 e. The predicted molar refractivity (Wildman–Crippen MR) is 174 cm³/mol. The van der Waals surface area contributed by atoms with Gasteiger partial charge >= 0.3 is 0 Å². The summed E-state index contributed by atoms with van der Waals surface area (Å²) in [5.74, 6) is -6.10. The lowest BCUT2D eigenvalue weighted by molar-refractivity contribution is -0.138. The number of hydrogen-bond acceptors (Lipinski definition) is 7. The van der Waals surface area contributed by atoms with Gasteiger partial charge < -0.3 is 9.84 Å². The molecule has 2 aliphatic heterocycles. The van der Waals surface area contributed by atoms with Gasteiger partial charge in [0.1, 0.15) is 0 Å². The van der Waals surface area contributed by atoms with Gasteiger partial charge in [-0.2, -0.15) is 0 Å². The maximum absolute atomic E-state index is 14.3. The third kappa shape index (κ3) is 4.25. The SMILES string of the molecule is CCOc1cccc([C@H]2C3=CC[C@@H]4C(=O)N(c5ccc(C(=O)c6ccccc6)cc5)C(=O)[C@@H]4[C@@H]3C[C@@]3(Cl)C(=O)N(C)C(=O)[C@@]23Cl)c1O. The van der Waals surface area contributed by atoms with Crippen LogP contribution in [0, 0.1) is 17.8 Å². The van der Waals surface area contributed by atoms with Crippen molar-refractivity contribution in [3.8, 4) is 11.5 Å². The van der Waals surface area contributed by atoms with Crippen LogP contribution in [0.15, 0.2) is 84.4 Å². The van der Waals surface area contributed by atoms with E-state index in [-0.39, 0.29) is 42.3 Å². The number of likely N-dealkylation sites (tertiary alicyclic amines) is 1. The lowest BCUT2D eigenvalue weighted by Crippen LogP contribution is -2.60. The van der Waals surface area contributed by atoms with Crippen molar-refractivity contribution >= 4 is 58.3 Å². The van der Waals surface area contributed by atoms with E-state index in [1.165, 1.54) is 7.05 Å². The molecule has 2 aliphatic carbocycles. The molecular formula is C36H30Cl2N2O7. The van der Waals surface area contributed by atoms with Crippen LogP contribution in [0.25, 0.3) is 0 Å². The first-order chi connectivity index (χ1) is 22.5. The number of para-hydroxylation sites is 1. The number of nitrogens with zero attached hydrogens (tertiary/aromatic N) is 2. The van der Waals surface area contributed by atoms with Crippen LogP contribution in [-0.4, -0.2) is 62.8 Å². The normalized spacial score (nSPS) is 29.7. The molecule has 9 nitrogen and oxygen atoms in total. The summed E-state index contributed by atoms with van der Waals surface area (Å²) < 4.78 is 5.62. The summed E-state index contributed by atoms with van der Waals surface area (Å²) in [6.07, 6.45) is 1.81. The number of imide groups is 2. The summed E-state index contributed by atoms with van der Waals surface area (Å²) >= 11 is 14.4. The number of phenolic OH excluding ortho intramolecular Hbond substituents is 1. The van der Waals surface area contributed by atoms with E-state index in [2.05, 4.69) is 0 Å². The zero-order valence-electron chi connectivity index (χ0n) is 25.5. The molecule has 0 unspecified atom stereocenters. The monoisotopic (exact) mass is 672 g/mol. The van der Waals surface area contributed by atoms with E-state index >= 15 is 0 Å². The molecule has 1 saturated carbocycles. The number of rotatable bonds is 6. The van der Waals surface area contributed by atoms with E-state index < -0.39 is 57.0 Å². The Kier molecular flexibility index (Phi) is 7.33. The van der Waals surface area contributed by atoms with Crippen LogP contribution >= 0.6 is 23.2 Å². The average Bonchev–Trinajstić information content (AvgIpc) is 3.41. The van der Waals surface area contributed by atoms with Crippen molar-refractivity contribution in [2.45, 2.75) is 35.4 Å². The molecule has 1 N–H and O–H groups in total. The third-order valence-corrected chi connectivity index (χ3v) is 11.5. The maximum atomic E-state index is 14.3. The number of anilines is 1. The number of benzene rings is 3. The Morgan fingerprint density at radius 2 is 1.57 bits per heavy atom. The number of ether oxygens (including phenoxy) is 1. The number of fused-ring (bicyclic) bond motifs is 4. The smallest absolute Gasteiger partial charge is 0.253 e.